The van der Waals surface area contributed by atoms with Crippen molar-refractivity contribution < 1.29 is 9.53 Å². The van der Waals surface area contributed by atoms with Gasteiger partial charge in [-0.15, -0.1) is 0 Å². The van der Waals surface area contributed by atoms with Crippen molar-refractivity contribution in [3.63, 3.8) is 0 Å². The molecule has 0 aromatic heterocycles. The van der Waals surface area contributed by atoms with E-state index < -0.39 is 0 Å². The van der Waals surface area contributed by atoms with Crippen molar-refractivity contribution in [2.24, 2.45) is 5.73 Å². The molecule has 3 rings (SSSR count). The van der Waals surface area contributed by atoms with Gasteiger partial charge in [-0.2, -0.15) is 0 Å². The molecule has 1 heterocycles. The maximum absolute atomic E-state index is 12.2. The second-order valence-electron chi connectivity index (χ2n) is 4.66. The van der Waals surface area contributed by atoms with Gasteiger partial charge in [0, 0.05) is 16.3 Å². The molecule has 0 saturated carbocycles. The Hall–Kier alpha value is -2.46. The molecule has 1 aliphatic rings. The highest BCUT2D eigenvalue weighted by Crippen LogP contribution is 2.36. The first kappa shape index (κ1) is 13.5. The molecular formula is C16H13ClN2O2. The Kier molecular flexibility index (Phi) is 3.31. The van der Waals surface area contributed by atoms with Gasteiger partial charge < -0.3 is 15.8 Å². The van der Waals surface area contributed by atoms with E-state index in [1.165, 1.54) is 0 Å². The molecule has 0 saturated heterocycles. The van der Waals surface area contributed by atoms with Gasteiger partial charge in [0.25, 0.3) is 5.91 Å². The van der Waals surface area contributed by atoms with Crippen LogP contribution in [0.25, 0.3) is 11.3 Å². The van der Waals surface area contributed by atoms with E-state index in [0.717, 1.165) is 22.6 Å². The molecule has 0 atom stereocenters. The van der Waals surface area contributed by atoms with Crippen LogP contribution in [-0.4, -0.2) is 13.0 Å². The summed E-state index contributed by atoms with van der Waals surface area (Å²) in [5.74, 6) is 0.511. The van der Waals surface area contributed by atoms with E-state index in [1.54, 1.807) is 37.4 Å². The number of nitrogens with two attached hydrogens (primary N) is 1. The van der Waals surface area contributed by atoms with Crippen molar-refractivity contribution in [2.45, 2.75) is 0 Å². The molecule has 3 N–H and O–H groups in total. The van der Waals surface area contributed by atoms with Gasteiger partial charge >= 0.3 is 0 Å². The maximum atomic E-state index is 12.2. The number of carbonyl (C=O) groups is 1. The van der Waals surface area contributed by atoms with Crippen molar-refractivity contribution in [3.05, 3.63) is 58.6 Å². The number of hydrogen-bond acceptors (Lipinski definition) is 3. The molecule has 2 aromatic rings. The van der Waals surface area contributed by atoms with Crippen molar-refractivity contribution in [1.29, 1.82) is 0 Å². The van der Waals surface area contributed by atoms with Gasteiger partial charge in [-0.05, 0) is 48.0 Å². The predicted octanol–water partition coefficient (Wildman–Crippen LogP) is 3.13. The van der Waals surface area contributed by atoms with Crippen molar-refractivity contribution >= 4 is 34.5 Å². The topological polar surface area (TPSA) is 64.3 Å². The number of anilines is 1. The normalized spacial score (nSPS) is 15.4. The highest BCUT2D eigenvalue weighted by atomic mass is 35.5. The number of amides is 1. The van der Waals surface area contributed by atoms with E-state index in [9.17, 15) is 4.79 Å². The average Bonchev–Trinajstić information content (AvgIpc) is 2.82. The number of methoxy groups -OCH3 is 1. The molecule has 1 aliphatic heterocycles. The monoisotopic (exact) mass is 300 g/mol. The van der Waals surface area contributed by atoms with Gasteiger partial charge in [0.2, 0.25) is 0 Å². The van der Waals surface area contributed by atoms with Crippen LogP contribution in [-0.2, 0) is 4.79 Å². The molecule has 21 heavy (non-hydrogen) atoms. The lowest BCUT2D eigenvalue weighted by Gasteiger charge is -2.07. The highest BCUT2D eigenvalue weighted by molar-refractivity contribution is 6.38. The summed E-state index contributed by atoms with van der Waals surface area (Å²) in [7, 11) is 1.60. The first-order valence-corrected chi connectivity index (χ1v) is 6.73. The minimum absolute atomic E-state index is 0.222. The Labute approximate surface area is 127 Å². The Morgan fingerprint density at radius 1 is 1.19 bits per heavy atom. The largest absolute Gasteiger partial charge is 0.497 e. The summed E-state index contributed by atoms with van der Waals surface area (Å²) in [5.41, 5.74) is 9.24. The van der Waals surface area contributed by atoms with Gasteiger partial charge in [0.15, 0.2) is 0 Å². The molecule has 4 nitrogen and oxygen atoms in total. The molecule has 0 bridgehead atoms. The van der Waals surface area contributed by atoms with Gasteiger partial charge in [-0.3, -0.25) is 4.79 Å². The summed E-state index contributed by atoms with van der Waals surface area (Å²) in [4.78, 5) is 12.2. The summed E-state index contributed by atoms with van der Waals surface area (Å²) in [5, 5.41) is 3.35. The number of nitrogens with one attached hydrogen (secondary N) is 1. The fourth-order valence-electron chi connectivity index (χ4n) is 2.32. The Bertz CT molecular complexity index is 751. The number of halogens is 1. The van der Waals surface area contributed by atoms with E-state index in [2.05, 4.69) is 5.32 Å². The lowest BCUT2D eigenvalue weighted by Crippen LogP contribution is -2.09. The third-order valence-electron chi connectivity index (χ3n) is 3.40. The van der Waals surface area contributed by atoms with E-state index in [0.29, 0.717) is 16.3 Å². The van der Waals surface area contributed by atoms with Crippen LogP contribution in [0.1, 0.15) is 11.1 Å². The van der Waals surface area contributed by atoms with Gasteiger partial charge in [-0.25, -0.2) is 0 Å². The number of rotatable bonds is 2. The zero-order chi connectivity index (χ0) is 15.0. The highest BCUT2D eigenvalue weighted by Gasteiger charge is 2.27. The van der Waals surface area contributed by atoms with E-state index in [4.69, 9.17) is 22.1 Å². The standard InChI is InChI=1S/C16H13ClN2O2/c1-21-11-5-2-9(3-6-11)15(18)14-12-8-10(17)4-7-13(12)19-16(14)20/h2-8H,18H2,1H3,(H,19,20)/b15-14-. The maximum Gasteiger partial charge on any atom is 0.258 e. The van der Waals surface area contributed by atoms with Crippen LogP contribution < -0.4 is 15.8 Å². The van der Waals surface area contributed by atoms with Crippen LogP contribution in [0.15, 0.2) is 42.5 Å². The summed E-state index contributed by atoms with van der Waals surface area (Å²) < 4.78 is 5.11. The van der Waals surface area contributed by atoms with Crippen LogP contribution in [0.3, 0.4) is 0 Å². The molecule has 5 heteroatoms. The molecule has 106 valence electrons. The zero-order valence-electron chi connectivity index (χ0n) is 11.3. The van der Waals surface area contributed by atoms with E-state index in [-0.39, 0.29) is 5.91 Å². The summed E-state index contributed by atoms with van der Waals surface area (Å²) in [6, 6.07) is 12.5. The molecule has 0 aliphatic carbocycles. The summed E-state index contributed by atoms with van der Waals surface area (Å²) >= 11 is 6.01. The Morgan fingerprint density at radius 2 is 1.90 bits per heavy atom. The first-order chi connectivity index (χ1) is 10.1. The van der Waals surface area contributed by atoms with Gasteiger partial charge in [0.05, 0.1) is 18.4 Å². The van der Waals surface area contributed by atoms with E-state index >= 15 is 0 Å². The van der Waals surface area contributed by atoms with Crippen LogP contribution in [0, 0.1) is 0 Å². The SMILES string of the molecule is COc1ccc(/C(N)=C2/C(=O)Nc3ccc(Cl)cc32)cc1. The number of hydrogen-bond donors (Lipinski definition) is 2. The first-order valence-electron chi connectivity index (χ1n) is 6.35. The number of ether oxygens (including phenoxy) is 1. The van der Waals surface area contributed by atoms with Gasteiger partial charge in [0.1, 0.15) is 5.75 Å². The van der Waals surface area contributed by atoms with Crippen LogP contribution >= 0.6 is 11.6 Å². The van der Waals surface area contributed by atoms with Crippen molar-refractivity contribution in [1.82, 2.24) is 0 Å². The lowest BCUT2D eigenvalue weighted by atomic mass is 10.0. The molecule has 1 amide bonds. The third-order valence-corrected chi connectivity index (χ3v) is 3.63. The quantitative estimate of drug-likeness (QED) is 0.838. The van der Waals surface area contributed by atoms with Crippen LogP contribution in [0.2, 0.25) is 5.02 Å². The Morgan fingerprint density at radius 3 is 2.57 bits per heavy atom. The second-order valence-corrected chi connectivity index (χ2v) is 5.10. The van der Waals surface area contributed by atoms with Crippen molar-refractivity contribution in [3.8, 4) is 5.75 Å². The molecule has 2 aromatic carbocycles. The van der Waals surface area contributed by atoms with Crippen LogP contribution in [0.5, 0.6) is 5.75 Å². The van der Waals surface area contributed by atoms with Gasteiger partial charge in [-0.1, -0.05) is 11.6 Å². The predicted molar refractivity (Wildman–Crippen MR) is 84.1 cm³/mol. The molecular weight excluding hydrogens is 288 g/mol. The van der Waals surface area contributed by atoms with E-state index in [1.807, 2.05) is 12.1 Å². The molecule has 0 radical (unpaired) electrons. The summed E-state index contributed by atoms with van der Waals surface area (Å²) in [6.07, 6.45) is 0. The molecule has 0 spiro atoms. The molecule has 0 unspecified atom stereocenters. The minimum atomic E-state index is -0.222. The number of benzene rings is 2. The number of carbonyl (C=O) groups excluding carboxylic acids is 1. The number of fused-ring (bicyclic) bond motifs is 1. The fourth-order valence-corrected chi connectivity index (χ4v) is 2.49. The lowest BCUT2D eigenvalue weighted by molar-refractivity contribution is -0.110. The van der Waals surface area contributed by atoms with Crippen LogP contribution in [0.4, 0.5) is 5.69 Å². The fraction of sp³-hybridized carbons (Fsp3) is 0.0625. The average molecular weight is 301 g/mol. The minimum Gasteiger partial charge on any atom is -0.497 e. The second kappa shape index (κ2) is 5.14. The van der Waals surface area contributed by atoms with Crippen molar-refractivity contribution in [2.75, 3.05) is 12.4 Å². The third kappa shape index (κ3) is 2.34. The molecule has 0 fully saturated rings. The Balaban J connectivity index is 2.13. The smallest absolute Gasteiger partial charge is 0.258 e. The zero-order valence-corrected chi connectivity index (χ0v) is 12.1. The summed E-state index contributed by atoms with van der Waals surface area (Å²) in [6.45, 7) is 0.